The van der Waals surface area contributed by atoms with Crippen LogP contribution in [0.4, 0.5) is 16.5 Å². The van der Waals surface area contributed by atoms with Crippen molar-refractivity contribution < 1.29 is 14.5 Å². The van der Waals surface area contributed by atoms with Gasteiger partial charge in [0.15, 0.2) is 5.13 Å². The molecule has 2 N–H and O–H groups in total. The Kier molecular flexibility index (Phi) is 7.05. The monoisotopic (exact) mass is 482 g/mol. The van der Waals surface area contributed by atoms with Gasteiger partial charge in [0.25, 0.3) is 5.69 Å². The smallest absolute Gasteiger partial charge is 0.270 e. The number of thiazole rings is 1. The normalized spacial score (nSPS) is 13.8. The second-order valence-corrected chi connectivity index (χ2v) is 9.77. The summed E-state index contributed by atoms with van der Waals surface area (Å²) in [5, 5.41) is 18.6. The van der Waals surface area contributed by atoms with Crippen molar-refractivity contribution in [2.45, 2.75) is 36.3 Å². The molecular formula is C23H22N4O4S2. The molecule has 0 radical (unpaired) electrons. The van der Waals surface area contributed by atoms with Gasteiger partial charge in [0.1, 0.15) is 0 Å². The summed E-state index contributed by atoms with van der Waals surface area (Å²) in [6.07, 6.45) is 2.49. The Labute approximate surface area is 199 Å². The molecule has 1 atom stereocenters. The van der Waals surface area contributed by atoms with Crippen LogP contribution in [0.2, 0.25) is 0 Å². The molecule has 0 saturated heterocycles. The van der Waals surface area contributed by atoms with Crippen molar-refractivity contribution in [2.75, 3.05) is 10.6 Å². The number of nitrogens with one attached hydrogen (secondary N) is 2. The molecule has 0 bridgehead atoms. The number of nitro benzene ring substituents is 1. The van der Waals surface area contributed by atoms with Gasteiger partial charge in [0, 0.05) is 39.6 Å². The fraction of sp³-hybridized carbons (Fsp3) is 0.261. The predicted octanol–water partition coefficient (Wildman–Crippen LogP) is 5.58. The van der Waals surface area contributed by atoms with E-state index in [1.807, 2.05) is 31.2 Å². The molecule has 1 aliphatic carbocycles. The first-order valence-corrected chi connectivity index (χ1v) is 12.3. The maximum Gasteiger partial charge on any atom is 0.270 e. The molecule has 170 valence electrons. The van der Waals surface area contributed by atoms with Crippen LogP contribution in [0.3, 0.4) is 0 Å². The second-order valence-electron chi connectivity index (χ2n) is 7.64. The largest absolute Gasteiger partial charge is 0.326 e. The molecule has 1 aliphatic rings. The standard InChI is InChI=1S/C23H22N4O4S2/c1-2-20(33-18-8-4-6-16(12-18)24-21(28)14-9-10-14)22(29)26-23-25-19(13-32-23)15-5-3-7-17(11-15)27(30)31/h3-8,11-14,20H,2,9-10H2,1H3,(H,24,28)(H,25,26,29). The molecule has 3 aromatic rings. The Morgan fingerprint density at radius 3 is 2.73 bits per heavy atom. The van der Waals surface area contributed by atoms with E-state index >= 15 is 0 Å². The predicted molar refractivity (Wildman–Crippen MR) is 131 cm³/mol. The fourth-order valence-electron chi connectivity index (χ4n) is 3.15. The average molecular weight is 483 g/mol. The number of non-ortho nitro benzene ring substituents is 1. The summed E-state index contributed by atoms with van der Waals surface area (Å²) >= 11 is 2.70. The molecule has 0 aliphatic heterocycles. The molecular weight excluding hydrogens is 460 g/mol. The molecule has 1 unspecified atom stereocenters. The summed E-state index contributed by atoms with van der Waals surface area (Å²) in [5.41, 5.74) is 1.91. The van der Waals surface area contributed by atoms with Crippen molar-refractivity contribution in [3.8, 4) is 11.3 Å². The van der Waals surface area contributed by atoms with Crippen LogP contribution in [0.15, 0.2) is 58.8 Å². The minimum Gasteiger partial charge on any atom is -0.326 e. The lowest BCUT2D eigenvalue weighted by Gasteiger charge is -2.14. The van der Waals surface area contributed by atoms with Gasteiger partial charge in [-0.05, 0) is 37.5 Å². The average Bonchev–Trinajstić information content (AvgIpc) is 3.57. The van der Waals surface area contributed by atoms with Crippen molar-refractivity contribution in [1.82, 2.24) is 4.98 Å². The highest BCUT2D eigenvalue weighted by Crippen LogP contribution is 2.33. The quantitative estimate of drug-likeness (QED) is 0.234. The summed E-state index contributed by atoms with van der Waals surface area (Å²) in [4.78, 5) is 40.8. The molecule has 2 aromatic carbocycles. The first kappa shape index (κ1) is 22.9. The molecule has 0 spiro atoms. The lowest BCUT2D eigenvalue weighted by molar-refractivity contribution is -0.384. The summed E-state index contributed by atoms with van der Waals surface area (Å²) in [6, 6.07) is 13.7. The number of hydrogen-bond donors (Lipinski definition) is 2. The van der Waals surface area contributed by atoms with E-state index in [0.29, 0.717) is 22.8 Å². The van der Waals surface area contributed by atoms with Crippen LogP contribution in [0.5, 0.6) is 0 Å². The third kappa shape index (κ3) is 5.96. The molecule has 33 heavy (non-hydrogen) atoms. The highest BCUT2D eigenvalue weighted by molar-refractivity contribution is 8.00. The number of nitrogens with zero attached hydrogens (tertiary/aromatic N) is 2. The van der Waals surface area contributed by atoms with Gasteiger partial charge >= 0.3 is 0 Å². The number of nitro groups is 1. The summed E-state index contributed by atoms with van der Waals surface area (Å²) in [5.74, 6) is 0.000746. The minimum absolute atomic E-state index is 0.0101. The molecule has 1 fully saturated rings. The van der Waals surface area contributed by atoms with Gasteiger partial charge < -0.3 is 10.6 Å². The Bertz CT molecular complexity index is 1190. The van der Waals surface area contributed by atoms with E-state index < -0.39 is 4.92 Å². The van der Waals surface area contributed by atoms with E-state index in [1.54, 1.807) is 17.5 Å². The van der Waals surface area contributed by atoms with Crippen molar-refractivity contribution in [3.63, 3.8) is 0 Å². The fourth-order valence-corrected chi connectivity index (χ4v) is 4.89. The molecule has 1 saturated carbocycles. The number of amides is 2. The molecule has 4 rings (SSSR count). The maximum atomic E-state index is 12.9. The summed E-state index contributed by atoms with van der Waals surface area (Å²) in [6.45, 7) is 1.94. The zero-order chi connectivity index (χ0) is 23.4. The number of anilines is 2. The Morgan fingerprint density at radius 1 is 1.21 bits per heavy atom. The third-order valence-electron chi connectivity index (χ3n) is 5.08. The van der Waals surface area contributed by atoms with E-state index in [1.165, 1.54) is 35.2 Å². The van der Waals surface area contributed by atoms with E-state index in [9.17, 15) is 19.7 Å². The summed E-state index contributed by atoms with van der Waals surface area (Å²) < 4.78 is 0. The zero-order valence-electron chi connectivity index (χ0n) is 17.8. The Hall–Kier alpha value is -3.24. The lowest BCUT2D eigenvalue weighted by atomic mass is 10.1. The van der Waals surface area contributed by atoms with Crippen LogP contribution in [0, 0.1) is 16.0 Å². The van der Waals surface area contributed by atoms with Crippen LogP contribution in [0.25, 0.3) is 11.3 Å². The number of benzene rings is 2. The molecule has 2 amide bonds. The SMILES string of the molecule is CCC(Sc1cccc(NC(=O)C2CC2)c1)C(=O)Nc1nc(-c2cccc([N+](=O)[O-])c2)cs1. The molecule has 1 aromatic heterocycles. The van der Waals surface area contributed by atoms with E-state index in [0.717, 1.165) is 23.4 Å². The number of aromatic nitrogens is 1. The van der Waals surface area contributed by atoms with Gasteiger partial charge in [-0.25, -0.2) is 4.98 Å². The van der Waals surface area contributed by atoms with Gasteiger partial charge in [-0.1, -0.05) is 25.1 Å². The number of thioether (sulfide) groups is 1. The highest BCUT2D eigenvalue weighted by Gasteiger charge is 2.29. The van der Waals surface area contributed by atoms with Crippen LogP contribution < -0.4 is 10.6 Å². The van der Waals surface area contributed by atoms with Crippen molar-refractivity contribution in [1.29, 1.82) is 0 Å². The van der Waals surface area contributed by atoms with Crippen LogP contribution >= 0.6 is 23.1 Å². The Morgan fingerprint density at radius 2 is 2.00 bits per heavy atom. The van der Waals surface area contributed by atoms with Crippen LogP contribution in [-0.4, -0.2) is 27.0 Å². The van der Waals surface area contributed by atoms with E-state index in [-0.39, 0.29) is 28.7 Å². The number of hydrogen-bond acceptors (Lipinski definition) is 7. The Balaban J connectivity index is 1.40. The van der Waals surface area contributed by atoms with Gasteiger partial charge in [-0.2, -0.15) is 0 Å². The van der Waals surface area contributed by atoms with E-state index in [2.05, 4.69) is 15.6 Å². The van der Waals surface area contributed by atoms with Gasteiger partial charge in [-0.15, -0.1) is 23.1 Å². The number of rotatable bonds is 9. The number of carbonyl (C=O) groups excluding carboxylic acids is 2. The molecule has 8 nitrogen and oxygen atoms in total. The van der Waals surface area contributed by atoms with Crippen molar-refractivity contribution in [2.24, 2.45) is 5.92 Å². The topological polar surface area (TPSA) is 114 Å². The van der Waals surface area contributed by atoms with Crippen molar-refractivity contribution in [3.05, 3.63) is 64.0 Å². The van der Waals surface area contributed by atoms with Crippen molar-refractivity contribution >= 4 is 51.4 Å². The first-order valence-electron chi connectivity index (χ1n) is 10.5. The van der Waals surface area contributed by atoms with Gasteiger partial charge in [0.2, 0.25) is 11.8 Å². The molecule has 10 heteroatoms. The third-order valence-corrected chi connectivity index (χ3v) is 7.19. The van der Waals surface area contributed by atoms with Gasteiger partial charge in [-0.3, -0.25) is 19.7 Å². The highest BCUT2D eigenvalue weighted by atomic mass is 32.2. The lowest BCUT2D eigenvalue weighted by Crippen LogP contribution is -2.24. The first-order chi connectivity index (χ1) is 15.9. The van der Waals surface area contributed by atoms with Crippen LogP contribution in [0.1, 0.15) is 26.2 Å². The maximum absolute atomic E-state index is 12.9. The minimum atomic E-state index is -0.450. The second kappa shape index (κ2) is 10.1. The molecule has 1 heterocycles. The zero-order valence-corrected chi connectivity index (χ0v) is 19.4. The van der Waals surface area contributed by atoms with Gasteiger partial charge in [0.05, 0.1) is 15.9 Å². The number of carbonyl (C=O) groups is 2. The summed E-state index contributed by atoms with van der Waals surface area (Å²) in [7, 11) is 0. The van der Waals surface area contributed by atoms with E-state index in [4.69, 9.17) is 0 Å². The van der Waals surface area contributed by atoms with Crippen LogP contribution in [-0.2, 0) is 9.59 Å².